The van der Waals surface area contributed by atoms with Gasteiger partial charge in [-0.1, -0.05) is 12.1 Å². The van der Waals surface area contributed by atoms with Gasteiger partial charge in [-0.15, -0.1) is 0 Å². The van der Waals surface area contributed by atoms with E-state index in [0.29, 0.717) is 17.0 Å². The molecule has 1 N–H and O–H groups in total. The van der Waals surface area contributed by atoms with Crippen molar-refractivity contribution in [3.8, 4) is 5.75 Å². The standard InChI is InChI=1S/C22H19FN2O4/c1-29-20-12-4-15(5-13-20)21(14-22(26)16-2-6-17(23)7-3-16)24-18-8-10-19(11-9-18)25(27)28/h2-13,21,24H,14H2,1H3. The van der Waals surface area contributed by atoms with E-state index < -0.39 is 10.7 Å². The Balaban J connectivity index is 1.84. The van der Waals surface area contributed by atoms with Gasteiger partial charge in [0.05, 0.1) is 18.1 Å². The summed E-state index contributed by atoms with van der Waals surface area (Å²) < 4.78 is 18.3. The predicted molar refractivity (Wildman–Crippen MR) is 108 cm³/mol. The SMILES string of the molecule is COc1ccc(C(CC(=O)c2ccc(F)cc2)Nc2ccc([N+](=O)[O-])cc2)cc1. The third-order valence-electron chi connectivity index (χ3n) is 4.49. The number of rotatable bonds is 8. The second-order valence-electron chi connectivity index (χ2n) is 6.41. The third-order valence-corrected chi connectivity index (χ3v) is 4.49. The smallest absolute Gasteiger partial charge is 0.269 e. The second kappa shape index (κ2) is 8.97. The minimum Gasteiger partial charge on any atom is -0.497 e. The molecule has 1 atom stereocenters. The van der Waals surface area contributed by atoms with E-state index in [1.165, 1.54) is 36.4 Å². The van der Waals surface area contributed by atoms with E-state index in [9.17, 15) is 19.3 Å². The van der Waals surface area contributed by atoms with Gasteiger partial charge >= 0.3 is 0 Å². The Kier molecular flexibility index (Phi) is 6.19. The van der Waals surface area contributed by atoms with Gasteiger partial charge in [0.15, 0.2) is 5.78 Å². The number of Topliss-reactive ketones (excluding diaryl/α,β-unsaturated/α-hetero) is 1. The van der Waals surface area contributed by atoms with Crippen molar-refractivity contribution in [2.45, 2.75) is 12.5 Å². The Morgan fingerprint density at radius 3 is 2.21 bits per heavy atom. The Labute approximate surface area is 167 Å². The molecule has 0 aliphatic heterocycles. The van der Waals surface area contributed by atoms with Gasteiger partial charge < -0.3 is 10.1 Å². The molecule has 6 nitrogen and oxygen atoms in total. The molecule has 1 unspecified atom stereocenters. The van der Waals surface area contributed by atoms with E-state index in [1.54, 1.807) is 31.4 Å². The highest BCUT2D eigenvalue weighted by molar-refractivity contribution is 5.96. The molecule has 0 amide bonds. The highest BCUT2D eigenvalue weighted by atomic mass is 19.1. The number of ketones is 1. The molecule has 3 rings (SSSR count). The van der Waals surface area contributed by atoms with Gasteiger partial charge in [0.1, 0.15) is 11.6 Å². The molecule has 7 heteroatoms. The van der Waals surface area contributed by atoms with E-state index >= 15 is 0 Å². The lowest BCUT2D eigenvalue weighted by atomic mass is 9.97. The second-order valence-corrected chi connectivity index (χ2v) is 6.41. The van der Waals surface area contributed by atoms with E-state index in [4.69, 9.17) is 4.74 Å². The maximum atomic E-state index is 13.1. The molecule has 0 radical (unpaired) electrons. The van der Waals surface area contributed by atoms with Gasteiger partial charge in [0, 0.05) is 29.8 Å². The van der Waals surface area contributed by atoms with Crippen molar-refractivity contribution >= 4 is 17.2 Å². The summed E-state index contributed by atoms with van der Waals surface area (Å²) in [5, 5.41) is 14.1. The number of hydrogen-bond acceptors (Lipinski definition) is 5. The molecule has 3 aromatic carbocycles. The molecule has 0 saturated carbocycles. The summed E-state index contributed by atoms with van der Waals surface area (Å²) in [7, 11) is 1.57. The molecular weight excluding hydrogens is 375 g/mol. The first-order valence-corrected chi connectivity index (χ1v) is 8.90. The summed E-state index contributed by atoms with van der Waals surface area (Å²) in [6.45, 7) is 0. The maximum absolute atomic E-state index is 13.1. The Bertz CT molecular complexity index is 987. The van der Waals surface area contributed by atoms with Crippen molar-refractivity contribution in [3.05, 3.63) is 99.9 Å². The van der Waals surface area contributed by atoms with Gasteiger partial charge in [-0.3, -0.25) is 14.9 Å². The number of benzene rings is 3. The van der Waals surface area contributed by atoms with E-state index in [-0.39, 0.29) is 23.9 Å². The highest BCUT2D eigenvalue weighted by Gasteiger charge is 2.18. The minimum absolute atomic E-state index is 0.0149. The quantitative estimate of drug-likeness (QED) is 0.324. The number of anilines is 1. The first-order chi connectivity index (χ1) is 14.0. The minimum atomic E-state index is -0.469. The third kappa shape index (κ3) is 5.16. The molecule has 0 bridgehead atoms. The Hall–Kier alpha value is -3.74. The van der Waals surface area contributed by atoms with E-state index in [1.807, 2.05) is 12.1 Å². The molecular formula is C22H19FN2O4. The monoisotopic (exact) mass is 394 g/mol. The van der Waals surface area contributed by atoms with Crippen LogP contribution < -0.4 is 10.1 Å². The number of methoxy groups -OCH3 is 1. The number of ether oxygens (including phenoxy) is 1. The zero-order chi connectivity index (χ0) is 20.8. The van der Waals surface area contributed by atoms with Crippen LogP contribution >= 0.6 is 0 Å². The van der Waals surface area contributed by atoms with Crippen molar-refractivity contribution in [1.82, 2.24) is 0 Å². The summed E-state index contributed by atoms with van der Waals surface area (Å²) in [5.74, 6) is 0.130. The fraction of sp³-hybridized carbons (Fsp3) is 0.136. The lowest BCUT2D eigenvalue weighted by Crippen LogP contribution is -2.16. The predicted octanol–water partition coefficient (Wildman–Crippen LogP) is 5.17. The van der Waals surface area contributed by atoms with Crippen LogP contribution in [0.25, 0.3) is 0 Å². The van der Waals surface area contributed by atoms with Crippen LogP contribution in [0, 0.1) is 15.9 Å². The number of nitro benzene ring substituents is 1. The average Bonchev–Trinajstić information content (AvgIpc) is 2.74. The molecule has 0 heterocycles. The summed E-state index contributed by atoms with van der Waals surface area (Å²) in [4.78, 5) is 23.1. The van der Waals surface area contributed by atoms with Crippen LogP contribution in [0.15, 0.2) is 72.8 Å². The van der Waals surface area contributed by atoms with Crippen LogP contribution in [-0.4, -0.2) is 17.8 Å². The molecule has 0 aromatic heterocycles. The van der Waals surface area contributed by atoms with Gasteiger partial charge in [-0.05, 0) is 54.1 Å². The number of non-ortho nitro benzene ring substituents is 1. The number of nitro groups is 1. The molecule has 0 spiro atoms. The van der Waals surface area contributed by atoms with Crippen LogP contribution in [0.3, 0.4) is 0 Å². The first kappa shape index (κ1) is 20.0. The summed E-state index contributed by atoms with van der Waals surface area (Å²) in [5.41, 5.74) is 1.89. The van der Waals surface area contributed by atoms with Gasteiger partial charge in [0.25, 0.3) is 5.69 Å². The van der Waals surface area contributed by atoms with Crippen LogP contribution in [0.4, 0.5) is 15.8 Å². The normalized spacial score (nSPS) is 11.5. The fourth-order valence-corrected chi connectivity index (χ4v) is 2.91. The Morgan fingerprint density at radius 1 is 1.03 bits per heavy atom. The van der Waals surface area contributed by atoms with Crippen LogP contribution in [0.2, 0.25) is 0 Å². The summed E-state index contributed by atoms with van der Waals surface area (Å²) in [6.07, 6.45) is 0.120. The number of hydrogen-bond donors (Lipinski definition) is 1. The first-order valence-electron chi connectivity index (χ1n) is 8.90. The Morgan fingerprint density at radius 2 is 1.66 bits per heavy atom. The molecule has 0 saturated heterocycles. The highest BCUT2D eigenvalue weighted by Crippen LogP contribution is 2.27. The number of carbonyl (C=O) groups excluding carboxylic acids is 1. The average molecular weight is 394 g/mol. The van der Waals surface area contributed by atoms with Crippen molar-refractivity contribution in [3.63, 3.8) is 0 Å². The van der Waals surface area contributed by atoms with Gasteiger partial charge in [-0.25, -0.2) is 4.39 Å². The maximum Gasteiger partial charge on any atom is 0.269 e. The fourth-order valence-electron chi connectivity index (χ4n) is 2.91. The van der Waals surface area contributed by atoms with Crippen LogP contribution in [0.5, 0.6) is 5.75 Å². The lowest BCUT2D eigenvalue weighted by Gasteiger charge is -2.20. The molecule has 0 aliphatic rings. The number of carbonyl (C=O) groups is 1. The molecule has 3 aromatic rings. The number of nitrogens with one attached hydrogen (secondary N) is 1. The van der Waals surface area contributed by atoms with Gasteiger partial charge in [-0.2, -0.15) is 0 Å². The molecule has 29 heavy (non-hydrogen) atoms. The van der Waals surface area contributed by atoms with Crippen LogP contribution in [-0.2, 0) is 0 Å². The zero-order valence-corrected chi connectivity index (χ0v) is 15.7. The summed E-state index contributed by atoms with van der Waals surface area (Å²) in [6, 6.07) is 18.3. The number of halogens is 1. The van der Waals surface area contributed by atoms with Crippen molar-refractivity contribution in [2.24, 2.45) is 0 Å². The zero-order valence-electron chi connectivity index (χ0n) is 15.7. The topological polar surface area (TPSA) is 81.5 Å². The largest absolute Gasteiger partial charge is 0.497 e. The molecule has 0 fully saturated rings. The summed E-state index contributed by atoms with van der Waals surface area (Å²) >= 11 is 0. The van der Waals surface area contributed by atoms with Crippen molar-refractivity contribution in [2.75, 3.05) is 12.4 Å². The lowest BCUT2D eigenvalue weighted by molar-refractivity contribution is -0.384. The van der Waals surface area contributed by atoms with Crippen molar-refractivity contribution < 1.29 is 18.8 Å². The number of nitrogens with zero attached hydrogens (tertiary/aromatic N) is 1. The van der Waals surface area contributed by atoms with Crippen LogP contribution in [0.1, 0.15) is 28.4 Å². The van der Waals surface area contributed by atoms with E-state index in [2.05, 4.69) is 5.32 Å². The van der Waals surface area contributed by atoms with Crippen molar-refractivity contribution in [1.29, 1.82) is 0 Å². The van der Waals surface area contributed by atoms with E-state index in [0.717, 1.165) is 5.56 Å². The molecule has 0 aliphatic carbocycles. The van der Waals surface area contributed by atoms with Gasteiger partial charge in [0.2, 0.25) is 0 Å². The molecule has 148 valence electrons.